The molecule has 2 aromatic heterocycles. The third-order valence-electron chi connectivity index (χ3n) is 3.53. The van der Waals surface area contributed by atoms with E-state index in [1.165, 1.54) is 11.3 Å². The third-order valence-corrected chi connectivity index (χ3v) is 5.28. The molecule has 0 aliphatic carbocycles. The first-order chi connectivity index (χ1) is 11.8. The number of aryl methyl sites for hydroxylation is 1. The lowest BCUT2D eigenvalue weighted by atomic mass is 10.3. The summed E-state index contributed by atoms with van der Waals surface area (Å²) in [5.41, 5.74) is 2.33. The Morgan fingerprint density at radius 3 is 2.72 bits per heavy atom. The quantitative estimate of drug-likeness (QED) is 0.704. The van der Waals surface area contributed by atoms with E-state index in [1.54, 1.807) is 10.6 Å². The smallest absolute Gasteiger partial charge is 0.240 e. The van der Waals surface area contributed by atoms with Gasteiger partial charge in [0.05, 0.1) is 17.6 Å². The van der Waals surface area contributed by atoms with E-state index in [4.69, 9.17) is 0 Å². The molecule has 0 aliphatic rings. The molecule has 7 nitrogen and oxygen atoms in total. The fourth-order valence-electron chi connectivity index (χ4n) is 2.50. The zero-order chi connectivity index (χ0) is 18.0. The zero-order valence-electron chi connectivity index (χ0n) is 13.9. The second-order valence-electron chi connectivity index (χ2n) is 5.83. The summed E-state index contributed by atoms with van der Waals surface area (Å²) in [5, 5.41) is 5.57. The van der Waals surface area contributed by atoms with Crippen LogP contribution < -0.4 is 5.32 Å². The maximum absolute atomic E-state index is 12.3. The maximum Gasteiger partial charge on any atom is 0.240 e. The number of aromatic nitrogens is 3. The van der Waals surface area contributed by atoms with Gasteiger partial charge in [-0.3, -0.25) is 4.79 Å². The molecular formula is C16H18N4O3S2. The number of nitrogens with zero attached hydrogens (tertiary/aromatic N) is 3. The Hall–Kier alpha value is -2.26. The van der Waals surface area contributed by atoms with Crippen LogP contribution in [0.2, 0.25) is 0 Å². The molecule has 3 rings (SSSR count). The van der Waals surface area contributed by atoms with Gasteiger partial charge in [0, 0.05) is 17.3 Å². The van der Waals surface area contributed by atoms with Gasteiger partial charge in [0.1, 0.15) is 23.1 Å². The summed E-state index contributed by atoms with van der Waals surface area (Å²) in [6.45, 7) is 2.26. The number of amides is 1. The number of carbonyl (C=O) groups excluding carboxylic acids is 1. The van der Waals surface area contributed by atoms with E-state index < -0.39 is 9.84 Å². The van der Waals surface area contributed by atoms with Crippen molar-refractivity contribution in [2.24, 2.45) is 0 Å². The van der Waals surface area contributed by atoms with Crippen molar-refractivity contribution in [1.29, 1.82) is 0 Å². The first-order valence-corrected chi connectivity index (χ1v) is 10.6. The molecule has 132 valence electrons. The van der Waals surface area contributed by atoms with Crippen molar-refractivity contribution in [3.63, 3.8) is 0 Å². The number of sulfone groups is 1. The third kappa shape index (κ3) is 4.43. The van der Waals surface area contributed by atoms with E-state index in [2.05, 4.69) is 15.3 Å². The van der Waals surface area contributed by atoms with E-state index in [0.29, 0.717) is 17.9 Å². The number of benzene rings is 1. The minimum absolute atomic E-state index is 0.00965. The van der Waals surface area contributed by atoms with Crippen LogP contribution in [0.1, 0.15) is 16.5 Å². The number of para-hydroxylation sites is 2. The first kappa shape index (κ1) is 17.6. The second-order valence-corrected chi connectivity index (χ2v) is 8.92. The highest BCUT2D eigenvalue weighted by Gasteiger charge is 2.17. The van der Waals surface area contributed by atoms with E-state index in [0.717, 1.165) is 22.5 Å². The minimum atomic E-state index is -3.26. The predicted octanol–water partition coefficient (Wildman–Crippen LogP) is 1.66. The van der Waals surface area contributed by atoms with Gasteiger partial charge in [-0.15, -0.1) is 11.3 Å². The number of nitrogens with one attached hydrogen (secondary N) is 1. The standard InChI is InChI=1S/C16H18N4O3S2/c1-11-9-24-16(18-11)7-17-15(21)8-20-13-6-4-3-5-12(13)19-14(20)10-25(2,22)23/h3-6,9H,7-8,10H2,1-2H3,(H,17,21). The summed E-state index contributed by atoms with van der Waals surface area (Å²) in [5.74, 6) is -0.0598. The van der Waals surface area contributed by atoms with Crippen LogP contribution in [0.25, 0.3) is 11.0 Å². The van der Waals surface area contributed by atoms with Gasteiger partial charge < -0.3 is 9.88 Å². The minimum Gasteiger partial charge on any atom is -0.348 e. The van der Waals surface area contributed by atoms with Crippen molar-refractivity contribution in [3.8, 4) is 0 Å². The molecule has 1 amide bonds. The lowest BCUT2D eigenvalue weighted by molar-refractivity contribution is -0.121. The summed E-state index contributed by atoms with van der Waals surface area (Å²) < 4.78 is 25.0. The van der Waals surface area contributed by atoms with Crippen LogP contribution in [-0.2, 0) is 33.5 Å². The lowest BCUT2D eigenvalue weighted by Crippen LogP contribution is -2.28. The molecule has 0 spiro atoms. The largest absolute Gasteiger partial charge is 0.348 e. The Bertz CT molecular complexity index is 1020. The summed E-state index contributed by atoms with van der Waals surface area (Å²) in [6, 6.07) is 7.29. The Morgan fingerprint density at radius 1 is 1.28 bits per heavy atom. The molecule has 2 heterocycles. The lowest BCUT2D eigenvalue weighted by Gasteiger charge is -2.09. The monoisotopic (exact) mass is 378 g/mol. The molecule has 1 N–H and O–H groups in total. The number of hydrogen-bond acceptors (Lipinski definition) is 6. The summed E-state index contributed by atoms with van der Waals surface area (Å²) in [4.78, 5) is 21.0. The van der Waals surface area contributed by atoms with Gasteiger partial charge in [0.25, 0.3) is 0 Å². The number of fused-ring (bicyclic) bond motifs is 1. The van der Waals surface area contributed by atoms with Crippen molar-refractivity contribution < 1.29 is 13.2 Å². The summed E-state index contributed by atoms with van der Waals surface area (Å²) in [6.07, 6.45) is 1.15. The van der Waals surface area contributed by atoms with Crippen LogP contribution in [-0.4, -0.2) is 35.1 Å². The molecule has 0 saturated carbocycles. The SMILES string of the molecule is Cc1csc(CNC(=O)Cn2c(CS(C)(=O)=O)nc3ccccc32)n1. The van der Waals surface area contributed by atoms with Crippen LogP contribution in [0.4, 0.5) is 0 Å². The molecule has 0 bridgehead atoms. The van der Waals surface area contributed by atoms with Gasteiger partial charge in [0.15, 0.2) is 9.84 Å². The number of thiazole rings is 1. The molecule has 0 saturated heterocycles. The topological polar surface area (TPSA) is 94.0 Å². The van der Waals surface area contributed by atoms with Crippen LogP contribution >= 0.6 is 11.3 Å². The number of imidazole rings is 1. The maximum atomic E-state index is 12.3. The highest BCUT2D eigenvalue weighted by molar-refractivity contribution is 7.89. The van der Waals surface area contributed by atoms with Crippen LogP contribution in [0.5, 0.6) is 0 Å². The molecule has 1 aromatic carbocycles. The number of rotatable bonds is 6. The van der Waals surface area contributed by atoms with Gasteiger partial charge in [0.2, 0.25) is 5.91 Å². The average molecular weight is 378 g/mol. The Balaban J connectivity index is 1.81. The van der Waals surface area contributed by atoms with E-state index in [9.17, 15) is 13.2 Å². The number of carbonyl (C=O) groups is 1. The zero-order valence-corrected chi connectivity index (χ0v) is 15.5. The fourth-order valence-corrected chi connectivity index (χ4v) is 3.91. The fraction of sp³-hybridized carbons (Fsp3) is 0.312. The molecule has 0 unspecified atom stereocenters. The van der Waals surface area contributed by atoms with E-state index >= 15 is 0 Å². The molecule has 0 radical (unpaired) electrons. The molecule has 0 fully saturated rings. The highest BCUT2D eigenvalue weighted by Crippen LogP contribution is 2.17. The van der Waals surface area contributed by atoms with Crippen molar-refractivity contribution in [2.75, 3.05) is 6.26 Å². The highest BCUT2D eigenvalue weighted by atomic mass is 32.2. The predicted molar refractivity (Wildman–Crippen MR) is 97.0 cm³/mol. The van der Waals surface area contributed by atoms with E-state index in [1.807, 2.05) is 30.5 Å². The summed E-state index contributed by atoms with van der Waals surface area (Å²) in [7, 11) is -3.26. The van der Waals surface area contributed by atoms with Gasteiger partial charge in [-0.05, 0) is 19.1 Å². The van der Waals surface area contributed by atoms with Crippen LogP contribution in [0.15, 0.2) is 29.6 Å². The molecule has 3 aromatic rings. The normalized spacial score (nSPS) is 11.8. The van der Waals surface area contributed by atoms with Gasteiger partial charge in [-0.1, -0.05) is 12.1 Å². The second kappa shape index (κ2) is 6.93. The first-order valence-electron chi connectivity index (χ1n) is 7.61. The van der Waals surface area contributed by atoms with Crippen LogP contribution in [0.3, 0.4) is 0 Å². The molecule has 0 aliphatic heterocycles. The Labute approximate surface area is 149 Å². The van der Waals surface area contributed by atoms with Crippen molar-refractivity contribution in [3.05, 3.63) is 46.2 Å². The summed E-state index contributed by atoms with van der Waals surface area (Å²) >= 11 is 1.49. The number of hydrogen-bond donors (Lipinski definition) is 1. The van der Waals surface area contributed by atoms with Crippen LogP contribution in [0, 0.1) is 6.92 Å². The average Bonchev–Trinajstić information content (AvgIpc) is 3.08. The molecular weight excluding hydrogens is 360 g/mol. The van der Waals surface area contributed by atoms with E-state index in [-0.39, 0.29) is 18.2 Å². The molecule has 0 atom stereocenters. The molecule has 9 heteroatoms. The van der Waals surface area contributed by atoms with Crippen molar-refractivity contribution in [1.82, 2.24) is 19.9 Å². The van der Waals surface area contributed by atoms with Gasteiger partial charge in [-0.25, -0.2) is 18.4 Å². The van der Waals surface area contributed by atoms with Gasteiger partial charge in [-0.2, -0.15) is 0 Å². The molecule has 25 heavy (non-hydrogen) atoms. The van der Waals surface area contributed by atoms with Crippen molar-refractivity contribution in [2.45, 2.75) is 25.8 Å². The van der Waals surface area contributed by atoms with Crippen molar-refractivity contribution >= 4 is 38.1 Å². The van der Waals surface area contributed by atoms with Gasteiger partial charge >= 0.3 is 0 Å². The Morgan fingerprint density at radius 2 is 2.04 bits per heavy atom. The Kier molecular flexibility index (Phi) is 4.87.